The number of nitrogens with one attached hydrogen (secondary N) is 1. The van der Waals surface area contributed by atoms with Gasteiger partial charge in [-0.2, -0.15) is 0 Å². The van der Waals surface area contributed by atoms with E-state index in [1.165, 1.54) is 16.8 Å². The van der Waals surface area contributed by atoms with Crippen molar-refractivity contribution in [2.24, 2.45) is 5.92 Å². The quantitative estimate of drug-likeness (QED) is 0.813. The van der Waals surface area contributed by atoms with Gasteiger partial charge in [0.15, 0.2) is 0 Å². The van der Waals surface area contributed by atoms with Gasteiger partial charge in [-0.15, -0.1) is 0 Å². The van der Waals surface area contributed by atoms with Gasteiger partial charge in [-0.3, -0.25) is 0 Å². The van der Waals surface area contributed by atoms with Crippen LogP contribution in [0.15, 0.2) is 17.2 Å². The number of aryl methyl sites for hydroxylation is 1. The van der Waals surface area contributed by atoms with Crippen molar-refractivity contribution in [3.8, 4) is 0 Å². The van der Waals surface area contributed by atoms with E-state index in [4.69, 9.17) is 9.84 Å². The summed E-state index contributed by atoms with van der Waals surface area (Å²) < 4.78 is 33.7. The van der Waals surface area contributed by atoms with Crippen LogP contribution < -0.4 is 4.72 Å². The highest BCUT2D eigenvalue weighted by molar-refractivity contribution is 7.89. The van der Waals surface area contributed by atoms with E-state index in [2.05, 4.69) is 4.72 Å². The molecule has 118 valence electrons. The Morgan fingerprint density at radius 2 is 2.33 bits per heavy atom. The number of hydrogen-bond donors (Lipinski definition) is 2. The number of rotatable bonds is 6. The Bertz CT molecular complexity index is 602. The summed E-state index contributed by atoms with van der Waals surface area (Å²) in [5.74, 6) is -0.972. The third-order valence-corrected chi connectivity index (χ3v) is 4.95. The van der Waals surface area contributed by atoms with Gasteiger partial charge in [0.1, 0.15) is 10.6 Å². The molecule has 1 unspecified atom stereocenters. The predicted octanol–water partition coefficient (Wildman–Crippen LogP) is 0.911. The number of carboxylic acid groups (broad SMARTS) is 1. The highest BCUT2D eigenvalue weighted by atomic mass is 32.2. The highest BCUT2D eigenvalue weighted by Gasteiger charge is 2.22. The minimum absolute atomic E-state index is 0.0153. The average molecular weight is 316 g/mol. The van der Waals surface area contributed by atoms with Gasteiger partial charge in [0.2, 0.25) is 10.0 Å². The van der Waals surface area contributed by atoms with Crippen molar-refractivity contribution in [3.63, 3.8) is 0 Å². The summed E-state index contributed by atoms with van der Waals surface area (Å²) in [4.78, 5) is 11.1. The second-order valence-electron chi connectivity index (χ2n) is 5.09. The van der Waals surface area contributed by atoms with Crippen LogP contribution in [0, 0.1) is 5.92 Å². The molecule has 1 aromatic rings. The van der Waals surface area contributed by atoms with Crippen molar-refractivity contribution in [2.75, 3.05) is 19.8 Å². The van der Waals surface area contributed by atoms with E-state index in [0.29, 0.717) is 19.7 Å². The molecule has 2 heterocycles. The monoisotopic (exact) mass is 316 g/mol. The molecule has 1 aliphatic rings. The van der Waals surface area contributed by atoms with E-state index >= 15 is 0 Å². The third-order valence-electron chi connectivity index (χ3n) is 3.56. The van der Waals surface area contributed by atoms with Gasteiger partial charge in [-0.25, -0.2) is 17.9 Å². The molecular weight excluding hydrogens is 296 g/mol. The normalized spacial score (nSPS) is 19.6. The van der Waals surface area contributed by atoms with E-state index in [1.807, 2.05) is 0 Å². The zero-order chi connectivity index (χ0) is 15.5. The zero-order valence-corrected chi connectivity index (χ0v) is 12.7. The first-order valence-electron chi connectivity index (χ1n) is 6.95. The molecule has 0 amide bonds. The molecule has 8 heteroatoms. The van der Waals surface area contributed by atoms with Gasteiger partial charge in [-0.05, 0) is 31.7 Å². The molecule has 0 saturated carbocycles. The first-order chi connectivity index (χ1) is 9.94. The van der Waals surface area contributed by atoms with Crippen LogP contribution in [0.1, 0.15) is 30.3 Å². The van der Waals surface area contributed by atoms with Crippen LogP contribution in [-0.4, -0.2) is 43.8 Å². The lowest BCUT2D eigenvalue weighted by Crippen LogP contribution is -2.33. The van der Waals surface area contributed by atoms with Crippen LogP contribution in [0.25, 0.3) is 0 Å². The molecule has 2 rings (SSSR count). The van der Waals surface area contributed by atoms with E-state index in [1.54, 1.807) is 6.92 Å². The molecule has 0 aliphatic carbocycles. The first kappa shape index (κ1) is 16.0. The summed E-state index contributed by atoms with van der Waals surface area (Å²) in [5.41, 5.74) is -0.0288. The minimum Gasteiger partial charge on any atom is -0.477 e. The molecule has 1 aliphatic heterocycles. The Balaban J connectivity index is 2.09. The molecular formula is C13H20N2O5S. The van der Waals surface area contributed by atoms with Gasteiger partial charge in [-0.1, -0.05) is 0 Å². The number of carboxylic acids is 1. The molecule has 7 nitrogen and oxygen atoms in total. The van der Waals surface area contributed by atoms with Crippen LogP contribution in [0.4, 0.5) is 0 Å². The van der Waals surface area contributed by atoms with Crippen molar-refractivity contribution < 1.29 is 23.1 Å². The lowest BCUT2D eigenvalue weighted by molar-refractivity contribution is 0.0568. The number of aromatic carboxylic acids is 1. The number of sulfonamides is 1. The van der Waals surface area contributed by atoms with Crippen molar-refractivity contribution in [1.29, 1.82) is 0 Å². The summed E-state index contributed by atoms with van der Waals surface area (Å²) in [6, 6.07) is 1.19. The Kier molecular flexibility index (Phi) is 5.02. The standard InChI is InChI=1S/C13H20N2O5S/c1-2-15-8-11(6-12(15)13(16)17)21(18,19)14-7-10-4-3-5-20-9-10/h6,8,10,14H,2-5,7,9H2,1H3,(H,16,17). The molecule has 0 spiro atoms. The molecule has 1 fully saturated rings. The Morgan fingerprint density at radius 1 is 1.57 bits per heavy atom. The number of ether oxygens (including phenoxy) is 1. The summed E-state index contributed by atoms with van der Waals surface area (Å²) in [6.45, 7) is 3.74. The molecule has 0 aromatic carbocycles. The summed E-state index contributed by atoms with van der Waals surface area (Å²) in [5, 5.41) is 9.06. The van der Waals surface area contributed by atoms with Crippen LogP contribution in [0.3, 0.4) is 0 Å². The first-order valence-corrected chi connectivity index (χ1v) is 8.43. The SMILES string of the molecule is CCn1cc(S(=O)(=O)NCC2CCCOC2)cc1C(=O)O. The van der Waals surface area contributed by atoms with Crippen LogP contribution in [0.2, 0.25) is 0 Å². The second kappa shape index (κ2) is 6.59. The molecule has 1 atom stereocenters. The van der Waals surface area contributed by atoms with E-state index in [-0.39, 0.29) is 16.5 Å². The largest absolute Gasteiger partial charge is 0.477 e. The minimum atomic E-state index is -3.69. The molecule has 1 aromatic heterocycles. The Labute approximate surface area is 124 Å². The molecule has 21 heavy (non-hydrogen) atoms. The maximum absolute atomic E-state index is 12.2. The zero-order valence-electron chi connectivity index (χ0n) is 11.9. The van der Waals surface area contributed by atoms with Gasteiger partial charge in [0.05, 0.1) is 6.61 Å². The molecule has 0 radical (unpaired) electrons. The fraction of sp³-hybridized carbons (Fsp3) is 0.615. The Morgan fingerprint density at radius 3 is 2.86 bits per heavy atom. The van der Waals surface area contributed by atoms with Gasteiger partial charge in [0.25, 0.3) is 0 Å². The van der Waals surface area contributed by atoms with Gasteiger partial charge in [0, 0.05) is 25.9 Å². The fourth-order valence-electron chi connectivity index (χ4n) is 2.35. The van der Waals surface area contributed by atoms with E-state index in [0.717, 1.165) is 19.4 Å². The molecule has 1 saturated heterocycles. The number of aromatic nitrogens is 1. The number of carbonyl (C=O) groups is 1. The van der Waals surface area contributed by atoms with Crippen LogP contribution >= 0.6 is 0 Å². The lowest BCUT2D eigenvalue weighted by atomic mass is 10.0. The topological polar surface area (TPSA) is 97.6 Å². The van der Waals surface area contributed by atoms with Crippen molar-refractivity contribution in [2.45, 2.75) is 31.2 Å². The van der Waals surface area contributed by atoms with Crippen molar-refractivity contribution in [1.82, 2.24) is 9.29 Å². The van der Waals surface area contributed by atoms with E-state index in [9.17, 15) is 13.2 Å². The maximum Gasteiger partial charge on any atom is 0.352 e. The average Bonchev–Trinajstić information content (AvgIpc) is 2.92. The predicted molar refractivity (Wildman–Crippen MR) is 75.8 cm³/mol. The summed E-state index contributed by atoms with van der Waals surface area (Å²) >= 11 is 0. The number of nitrogens with zero attached hydrogens (tertiary/aromatic N) is 1. The van der Waals surface area contributed by atoms with E-state index < -0.39 is 16.0 Å². The van der Waals surface area contributed by atoms with Crippen molar-refractivity contribution in [3.05, 3.63) is 18.0 Å². The summed E-state index contributed by atoms with van der Waals surface area (Å²) in [7, 11) is -3.69. The highest BCUT2D eigenvalue weighted by Crippen LogP contribution is 2.17. The smallest absolute Gasteiger partial charge is 0.352 e. The lowest BCUT2D eigenvalue weighted by Gasteiger charge is -2.21. The fourth-order valence-corrected chi connectivity index (χ4v) is 3.51. The maximum atomic E-state index is 12.2. The van der Waals surface area contributed by atoms with Crippen LogP contribution in [0.5, 0.6) is 0 Å². The Hall–Kier alpha value is -1.38. The summed E-state index contributed by atoms with van der Waals surface area (Å²) in [6.07, 6.45) is 3.21. The van der Waals surface area contributed by atoms with Crippen LogP contribution in [-0.2, 0) is 21.3 Å². The van der Waals surface area contributed by atoms with Gasteiger partial charge < -0.3 is 14.4 Å². The van der Waals surface area contributed by atoms with Gasteiger partial charge >= 0.3 is 5.97 Å². The molecule has 0 bridgehead atoms. The van der Waals surface area contributed by atoms with Crippen molar-refractivity contribution >= 4 is 16.0 Å². The second-order valence-corrected chi connectivity index (χ2v) is 6.85. The molecule has 2 N–H and O–H groups in total. The third kappa shape index (κ3) is 3.84. The number of hydrogen-bond acceptors (Lipinski definition) is 4.